The first-order chi connectivity index (χ1) is 8.43. The van der Waals surface area contributed by atoms with Crippen molar-refractivity contribution in [1.29, 1.82) is 0 Å². The van der Waals surface area contributed by atoms with Crippen LogP contribution in [-0.4, -0.2) is 23.1 Å². The Hall–Kier alpha value is -1.04. The SMILES string of the molecule is CC(N(C)c1cc(Cl)nc(C(F)(F)F)n1)C(C)(C)C. The lowest BCUT2D eigenvalue weighted by Gasteiger charge is -2.36. The number of anilines is 1. The third-order valence-corrected chi connectivity index (χ3v) is 3.32. The summed E-state index contributed by atoms with van der Waals surface area (Å²) in [5, 5.41) is -0.217. The second-order valence-corrected chi connectivity index (χ2v) is 5.91. The van der Waals surface area contributed by atoms with Gasteiger partial charge in [-0.15, -0.1) is 0 Å². The van der Waals surface area contributed by atoms with Crippen LogP contribution < -0.4 is 4.90 Å². The second-order valence-electron chi connectivity index (χ2n) is 5.52. The van der Waals surface area contributed by atoms with Gasteiger partial charge >= 0.3 is 6.18 Å². The Balaban J connectivity index is 3.18. The smallest absolute Gasteiger partial charge is 0.356 e. The molecule has 1 aromatic rings. The molecule has 7 heteroatoms. The molecule has 0 radical (unpaired) electrons. The molecular formula is C12H17ClF3N3. The molecule has 0 amide bonds. The molecule has 1 atom stereocenters. The summed E-state index contributed by atoms with van der Waals surface area (Å²) in [6, 6.07) is 1.32. The fraction of sp³-hybridized carbons (Fsp3) is 0.667. The van der Waals surface area contributed by atoms with Crippen LogP contribution in [0.1, 0.15) is 33.5 Å². The first kappa shape index (κ1) is 16.0. The molecule has 0 bridgehead atoms. The van der Waals surface area contributed by atoms with Crippen LogP contribution in [0.4, 0.5) is 19.0 Å². The highest BCUT2D eigenvalue weighted by atomic mass is 35.5. The number of aromatic nitrogens is 2. The topological polar surface area (TPSA) is 29.0 Å². The van der Waals surface area contributed by atoms with Crippen molar-refractivity contribution < 1.29 is 13.2 Å². The molecule has 0 fully saturated rings. The van der Waals surface area contributed by atoms with Gasteiger partial charge in [0.25, 0.3) is 0 Å². The lowest BCUT2D eigenvalue weighted by molar-refractivity contribution is -0.144. The van der Waals surface area contributed by atoms with E-state index in [-0.39, 0.29) is 22.4 Å². The molecule has 0 aliphatic rings. The molecular weight excluding hydrogens is 279 g/mol. The fourth-order valence-corrected chi connectivity index (χ4v) is 1.67. The Labute approximate surface area is 115 Å². The molecule has 1 aromatic heterocycles. The van der Waals surface area contributed by atoms with Gasteiger partial charge in [-0.2, -0.15) is 13.2 Å². The summed E-state index contributed by atoms with van der Waals surface area (Å²) >= 11 is 5.64. The highest BCUT2D eigenvalue weighted by Crippen LogP contribution is 2.31. The van der Waals surface area contributed by atoms with E-state index in [1.54, 1.807) is 11.9 Å². The number of hydrogen-bond donors (Lipinski definition) is 0. The molecule has 1 unspecified atom stereocenters. The van der Waals surface area contributed by atoms with Gasteiger partial charge in [0, 0.05) is 19.2 Å². The predicted molar refractivity (Wildman–Crippen MR) is 69.4 cm³/mol. The van der Waals surface area contributed by atoms with Crippen LogP contribution in [0.3, 0.4) is 0 Å². The van der Waals surface area contributed by atoms with Gasteiger partial charge in [0.15, 0.2) is 0 Å². The van der Waals surface area contributed by atoms with Gasteiger partial charge in [-0.25, -0.2) is 9.97 Å². The van der Waals surface area contributed by atoms with Crippen LogP contribution in [0.5, 0.6) is 0 Å². The third kappa shape index (κ3) is 3.96. The molecule has 0 N–H and O–H groups in total. The summed E-state index contributed by atoms with van der Waals surface area (Å²) in [6.07, 6.45) is -4.61. The van der Waals surface area contributed by atoms with Gasteiger partial charge in [-0.05, 0) is 12.3 Å². The van der Waals surface area contributed by atoms with E-state index < -0.39 is 12.0 Å². The molecule has 1 heterocycles. The average Bonchev–Trinajstić information content (AvgIpc) is 2.23. The van der Waals surface area contributed by atoms with E-state index in [1.165, 1.54) is 6.07 Å². The molecule has 108 valence electrons. The van der Waals surface area contributed by atoms with Crippen molar-refractivity contribution in [2.24, 2.45) is 5.41 Å². The summed E-state index contributed by atoms with van der Waals surface area (Å²) in [7, 11) is 1.69. The van der Waals surface area contributed by atoms with Crippen LogP contribution in [0.15, 0.2) is 6.07 Å². The molecule has 1 rings (SSSR count). The minimum Gasteiger partial charge on any atom is -0.356 e. The highest BCUT2D eigenvalue weighted by Gasteiger charge is 2.36. The number of nitrogens with zero attached hydrogens (tertiary/aromatic N) is 3. The normalized spacial score (nSPS) is 14.4. The monoisotopic (exact) mass is 295 g/mol. The average molecular weight is 296 g/mol. The van der Waals surface area contributed by atoms with E-state index in [2.05, 4.69) is 9.97 Å². The van der Waals surface area contributed by atoms with Gasteiger partial charge in [0.1, 0.15) is 11.0 Å². The molecule has 0 spiro atoms. The molecule has 0 aliphatic carbocycles. The summed E-state index contributed by atoms with van der Waals surface area (Å²) in [5.41, 5.74) is -0.107. The first-order valence-electron chi connectivity index (χ1n) is 5.77. The van der Waals surface area contributed by atoms with Crippen molar-refractivity contribution in [3.8, 4) is 0 Å². The first-order valence-corrected chi connectivity index (χ1v) is 6.15. The lowest BCUT2D eigenvalue weighted by atomic mass is 9.87. The van der Waals surface area contributed by atoms with Crippen LogP contribution >= 0.6 is 11.6 Å². The lowest BCUT2D eigenvalue weighted by Crippen LogP contribution is -2.40. The molecule has 19 heavy (non-hydrogen) atoms. The zero-order valence-electron chi connectivity index (χ0n) is 11.5. The zero-order chi connectivity index (χ0) is 15.0. The predicted octanol–water partition coefficient (Wildman–Crippen LogP) is 4.02. The molecule has 0 saturated carbocycles. The van der Waals surface area contributed by atoms with Crippen molar-refractivity contribution in [3.63, 3.8) is 0 Å². The van der Waals surface area contributed by atoms with Crippen LogP contribution in [0, 0.1) is 5.41 Å². The third-order valence-electron chi connectivity index (χ3n) is 3.13. The number of halogens is 4. The number of rotatable bonds is 2. The van der Waals surface area contributed by atoms with Crippen LogP contribution in [-0.2, 0) is 6.18 Å². The molecule has 0 aromatic carbocycles. The van der Waals surface area contributed by atoms with E-state index >= 15 is 0 Å². The maximum Gasteiger partial charge on any atom is 0.451 e. The molecule has 0 aliphatic heterocycles. The van der Waals surface area contributed by atoms with Gasteiger partial charge in [0.05, 0.1) is 0 Å². The molecule has 3 nitrogen and oxygen atoms in total. The Morgan fingerprint density at radius 3 is 2.16 bits per heavy atom. The Bertz CT molecular complexity index is 455. The van der Waals surface area contributed by atoms with Gasteiger partial charge < -0.3 is 4.90 Å². The Kier molecular flexibility index (Phi) is 4.34. The molecule has 0 saturated heterocycles. The number of alkyl halides is 3. The standard InChI is InChI=1S/C12H17ClF3N3/c1-7(11(2,3)4)19(5)9-6-8(13)17-10(18-9)12(14,15)16/h6-7H,1-5H3. The van der Waals surface area contributed by atoms with Crippen molar-refractivity contribution in [2.75, 3.05) is 11.9 Å². The van der Waals surface area contributed by atoms with Crippen LogP contribution in [0.25, 0.3) is 0 Å². The zero-order valence-corrected chi connectivity index (χ0v) is 12.3. The number of hydrogen-bond acceptors (Lipinski definition) is 3. The van der Waals surface area contributed by atoms with Gasteiger partial charge in [-0.3, -0.25) is 0 Å². The Morgan fingerprint density at radius 2 is 1.74 bits per heavy atom. The quantitative estimate of drug-likeness (QED) is 0.772. The maximum atomic E-state index is 12.6. The van der Waals surface area contributed by atoms with Crippen LogP contribution in [0.2, 0.25) is 5.15 Å². The van der Waals surface area contributed by atoms with E-state index in [0.717, 1.165) is 0 Å². The summed E-state index contributed by atoms with van der Waals surface area (Å²) in [6.45, 7) is 7.92. The minimum atomic E-state index is -4.61. The second kappa shape index (κ2) is 5.15. The van der Waals surface area contributed by atoms with E-state index in [9.17, 15) is 13.2 Å². The highest BCUT2D eigenvalue weighted by molar-refractivity contribution is 6.29. The van der Waals surface area contributed by atoms with Crippen molar-refractivity contribution >= 4 is 17.4 Å². The van der Waals surface area contributed by atoms with Crippen molar-refractivity contribution in [1.82, 2.24) is 9.97 Å². The van der Waals surface area contributed by atoms with E-state index in [1.807, 2.05) is 27.7 Å². The summed E-state index contributed by atoms with van der Waals surface area (Å²) in [5.74, 6) is -1.06. The largest absolute Gasteiger partial charge is 0.451 e. The Morgan fingerprint density at radius 1 is 1.21 bits per heavy atom. The van der Waals surface area contributed by atoms with Crippen molar-refractivity contribution in [2.45, 2.75) is 39.9 Å². The summed E-state index contributed by atoms with van der Waals surface area (Å²) in [4.78, 5) is 8.43. The van der Waals surface area contributed by atoms with E-state index in [0.29, 0.717) is 0 Å². The van der Waals surface area contributed by atoms with Gasteiger partial charge in [-0.1, -0.05) is 32.4 Å². The fourth-order valence-electron chi connectivity index (χ4n) is 1.49. The van der Waals surface area contributed by atoms with E-state index in [4.69, 9.17) is 11.6 Å². The maximum absolute atomic E-state index is 12.6. The summed E-state index contributed by atoms with van der Waals surface area (Å²) < 4.78 is 37.9. The van der Waals surface area contributed by atoms with Gasteiger partial charge in [0.2, 0.25) is 5.82 Å². The minimum absolute atomic E-state index is 0.0143. The van der Waals surface area contributed by atoms with Crippen molar-refractivity contribution in [3.05, 3.63) is 17.0 Å².